The first-order valence-electron chi connectivity index (χ1n) is 5.86. The molecular formula is C13H22N2OS. The zero-order valence-corrected chi connectivity index (χ0v) is 11.9. The monoisotopic (exact) mass is 254 g/mol. The van der Waals surface area contributed by atoms with Crippen LogP contribution >= 0.6 is 11.3 Å². The summed E-state index contributed by atoms with van der Waals surface area (Å²) in [6.45, 7) is 8.81. The van der Waals surface area contributed by atoms with Gasteiger partial charge in [0.1, 0.15) is 0 Å². The standard InChI is InChI=1S/C13H22N2OS/c1-9-5-6-10(17-9)8-15-12(16)7-11(14)13(2,3)4/h5-6,11H,7-8,14H2,1-4H3,(H,15,16). The van der Waals surface area contributed by atoms with E-state index < -0.39 is 0 Å². The first-order chi connectivity index (χ1) is 7.79. The minimum Gasteiger partial charge on any atom is -0.351 e. The smallest absolute Gasteiger partial charge is 0.221 e. The van der Waals surface area contributed by atoms with Gasteiger partial charge in [-0.15, -0.1) is 11.3 Å². The average Bonchev–Trinajstić information content (AvgIpc) is 2.60. The van der Waals surface area contributed by atoms with Gasteiger partial charge in [0.15, 0.2) is 0 Å². The largest absolute Gasteiger partial charge is 0.351 e. The van der Waals surface area contributed by atoms with E-state index in [1.165, 1.54) is 9.75 Å². The number of amides is 1. The lowest BCUT2D eigenvalue weighted by Crippen LogP contribution is -2.39. The number of nitrogens with two attached hydrogens (primary N) is 1. The molecule has 0 fully saturated rings. The number of carbonyl (C=O) groups excluding carboxylic acids is 1. The molecule has 0 aliphatic rings. The molecule has 1 amide bonds. The second-order valence-electron chi connectivity index (χ2n) is 5.47. The van der Waals surface area contributed by atoms with E-state index in [0.29, 0.717) is 13.0 Å². The summed E-state index contributed by atoms with van der Waals surface area (Å²) in [5.41, 5.74) is 5.94. The number of hydrogen-bond acceptors (Lipinski definition) is 3. The van der Waals surface area contributed by atoms with Crippen molar-refractivity contribution in [2.75, 3.05) is 0 Å². The summed E-state index contributed by atoms with van der Waals surface area (Å²) in [7, 11) is 0. The van der Waals surface area contributed by atoms with Crippen LogP contribution in [0.1, 0.15) is 36.9 Å². The Morgan fingerprint density at radius 2 is 2.12 bits per heavy atom. The van der Waals surface area contributed by atoms with Crippen molar-refractivity contribution >= 4 is 17.2 Å². The van der Waals surface area contributed by atoms with Crippen LogP contribution in [0.15, 0.2) is 12.1 Å². The lowest BCUT2D eigenvalue weighted by molar-refractivity contribution is -0.122. The maximum atomic E-state index is 11.7. The molecule has 0 radical (unpaired) electrons. The molecule has 1 aromatic heterocycles. The molecule has 0 saturated heterocycles. The SMILES string of the molecule is Cc1ccc(CNC(=O)CC(N)C(C)(C)C)s1. The Bertz CT molecular complexity index is 379. The maximum absolute atomic E-state index is 11.7. The van der Waals surface area contributed by atoms with Gasteiger partial charge in [0.2, 0.25) is 5.91 Å². The van der Waals surface area contributed by atoms with Gasteiger partial charge in [-0.3, -0.25) is 4.79 Å². The number of nitrogens with one attached hydrogen (secondary N) is 1. The first-order valence-corrected chi connectivity index (χ1v) is 6.68. The molecule has 1 atom stereocenters. The Hall–Kier alpha value is -0.870. The van der Waals surface area contributed by atoms with E-state index in [9.17, 15) is 4.79 Å². The summed E-state index contributed by atoms with van der Waals surface area (Å²) in [6, 6.07) is 4.00. The fourth-order valence-electron chi connectivity index (χ4n) is 1.34. The van der Waals surface area contributed by atoms with E-state index >= 15 is 0 Å². The summed E-state index contributed by atoms with van der Waals surface area (Å²) < 4.78 is 0. The molecule has 0 spiro atoms. The van der Waals surface area contributed by atoms with Crippen molar-refractivity contribution in [3.8, 4) is 0 Å². The molecule has 0 saturated carbocycles. The lowest BCUT2D eigenvalue weighted by atomic mass is 9.85. The Balaban J connectivity index is 2.36. The third kappa shape index (κ3) is 4.88. The molecule has 1 rings (SSSR count). The molecule has 0 aliphatic carbocycles. The van der Waals surface area contributed by atoms with Crippen LogP contribution < -0.4 is 11.1 Å². The van der Waals surface area contributed by atoms with Crippen LogP contribution in [-0.4, -0.2) is 11.9 Å². The number of thiophene rings is 1. The summed E-state index contributed by atoms with van der Waals surface area (Å²) in [5.74, 6) is 0.0264. The maximum Gasteiger partial charge on any atom is 0.221 e. The van der Waals surface area contributed by atoms with E-state index in [1.807, 2.05) is 26.8 Å². The fraction of sp³-hybridized carbons (Fsp3) is 0.615. The molecular weight excluding hydrogens is 232 g/mol. The average molecular weight is 254 g/mol. The summed E-state index contributed by atoms with van der Waals surface area (Å²) in [6.07, 6.45) is 0.383. The summed E-state index contributed by atoms with van der Waals surface area (Å²) >= 11 is 1.71. The Kier molecular flexibility index (Phi) is 4.71. The van der Waals surface area contributed by atoms with Crippen molar-refractivity contribution in [1.29, 1.82) is 0 Å². The Labute approximate surface area is 107 Å². The third-order valence-corrected chi connectivity index (χ3v) is 3.77. The van der Waals surface area contributed by atoms with Crippen LogP contribution in [0.2, 0.25) is 0 Å². The zero-order valence-electron chi connectivity index (χ0n) is 11.0. The summed E-state index contributed by atoms with van der Waals surface area (Å²) in [5, 5.41) is 2.91. The van der Waals surface area contributed by atoms with E-state index in [0.717, 1.165) is 0 Å². The van der Waals surface area contributed by atoms with Crippen LogP contribution in [0, 0.1) is 12.3 Å². The fourth-order valence-corrected chi connectivity index (χ4v) is 2.17. The minimum atomic E-state index is -0.104. The normalized spacial score (nSPS) is 13.5. The van der Waals surface area contributed by atoms with Crippen LogP contribution in [0.4, 0.5) is 0 Å². The molecule has 0 aromatic carbocycles. The highest BCUT2D eigenvalue weighted by molar-refractivity contribution is 7.11. The van der Waals surface area contributed by atoms with Gasteiger partial charge in [0.05, 0.1) is 6.54 Å². The van der Waals surface area contributed by atoms with Crippen LogP contribution in [-0.2, 0) is 11.3 Å². The Morgan fingerprint density at radius 3 is 2.59 bits per heavy atom. The van der Waals surface area contributed by atoms with Gasteiger partial charge in [-0.1, -0.05) is 20.8 Å². The number of carbonyl (C=O) groups is 1. The number of hydrogen-bond donors (Lipinski definition) is 2. The van der Waals surface area contributed by atoms with E-state index in [2.05, 4.69) is 18.3 Å². The second-order valence-corrected chi connectivity index (χ2v) is 6.84. The Morgan fingerprint density at radius 1 is 1.47 bits per heavy atom. The molecule has 1 heterocycles. The zero-order chi connectivity index (χ0) is 13.1. The highest BCUT2D eigenvalue weighted by Crippen LogP contribution is 2.19. The molecule has 0 aliphatic heterocycles. The molecule has 3 N–H and O–H groups in total. The quantitative estimate of drug-likeness (QED) is 0.867. The topological polar surface area (TPSA) is 55.1 Å². The van der Waals surface area contributed by atoms with Crippen molar-refractivity contribution < 1.29 is 4.79 Å². The second kappa shape index (κ2) is 5.65. The van der Waals surface area contributed by atoms with Crippen molar-refractivity contribution in [2.24, 2.45) is 11.1 Å². The van der Waals surface area contributed by atoms with E-state index in [4.69, 9.17) is 5.73 Å². The molecule has 0 bridgehead atoms. The first kappa shape index (κ1) is 14.2. The van der Waals surface area contributed by atoms with Crippen LogP contribution in [0.3, 0.4) is 0 Å². The van der Waals surface area contributed by atoms with Crippen molar-refractivity contribution in [2.45, 2.75) is 46.7 Å². The van der Waals surface area contributed by atoms with Gasteiger partial charge in [0.25, 0.3) is 0 Å². The predicted molar refractivity (Wildman–Crippen MR) is 73.0 cm³/mol. The molecule has 17 heavy (non-hydrogen) atoms. The van der Waals surface area contributed by atoms with Gasteiger partial charge >= 0.3 is 0 Å². The lowest BCUT2D eigenvalue weighted by Gasteiger charge is -2.26. The molecule has 4 heteroatoms. The molecule has 1 unspecified atom stereocenters. The minimum absolute atomic E-state index is 0.0264. The highest BCUT2D eigenvalue weighted by atomic mass is 32.1. The molecule has 96 valence electrons. The van der Waals surface area contributed by atoms with Crippen LogP contribution in [0.5, 0.6) is 0 Å². The van der Waals surface area contributed by atoms with E-state index in [1.54, 1.807) is 11.3 Å². The van der Waals surface area contributed by atoms with E-state index in [-0.39, 0.29) is 17.4 Å². The highest BCUT2D eigenvalue weighted by Gasteiger charge is 2.22. The van der Waals surface area contributed by atoms with Gasteiger partial charge in [-0.05, 0) is 24.5 Å². The van der Waals surface area contributed by atoms with Gasteiger partial charge in [-0.2, -0.15) is 0 Å². The van der Waals surface area contributed by atoms with Crippen molar-refractivity contribution in [3.05, 3.63) is 21.9 Å². The van der Waals surface area contributed by atoms with Gasteiger partial charge in [0, 0.05) is 22.2 Å². The van der Waals surface area contributed by atoms with Crippen molar-refractivity contribution in [3.63, 3.8) is 0 Å². The number of rotatable bonds is 4. The van der Waals surface area contributed by atoms with Gasteiger partial charge < -0.3 is 11.1 Å². The molecule has 3 nitrogen and oxygen atoms in total. The number of aryl methyl sites for hydroxylation is 1. The molecule has 1 aromatic rings. The third-order valence-electron chi connectivity index (χ3n) is 2.77. The van der Waals surface area contributed by atoms with Gasteiger partial charge in [-0.25, -0.2) is 0 Å². The summed E-state index contributed by atoms with van der Waals surface area (Å²) in [4.78, 5) is 14.1. The predicted octanol–water partition coefficient (Wildman–Crippen LogP) is 2.44. The van der Waals surface area contributed by atoms with Crippen molar-refractivity contribution in [1.82, 2.24) is 5.32 Å². The van der Waals surface area contributed by atoms with Crippen LogP contribution in [0.25, 0.3) is 0 Å².